The number of hydrogen-bond acceptors (Lipinski definition) is 3. The number of carboxylic acids is 1. The van der Waals surface area contributed by atoms with Gasteiger partial charge in [-0.05, 0) is 25.7 Å². The van der Waals surface area contributed by atoms with Gasteiger partial charge in [0.25, 0.3) is 0 Å². The minimum absolute atomic E-state index is 0.0908. The first-order chi connectivity index (χ1) is 8.99. The minimum atomic E-state index is -0.884. The highest BCUT2D eigenvalue weighted by atomic mass is 16.4. The molecular weight excluding hydrogens is 248 g/mol. The van der Waals surface area contributed by atoms with Crippen molar-refractivity contribution >= 4 is 12.0 Å². The molecule has 2 amide bonds. The van der Waals surface area contributed by atoms with Crippen LogP contribution in [0.4, 0.5) is 4.79 Å². The van der Waals surface area contributed by atoms with Gasteiger partial charge in [-0.3, -0.25) is 4.79 Å². The van der Waals surface area contributed by atoms with Crippen LogP contribution in [-0.4, -0.2) is 64.8 Å². The zero-order valence-corrected chi connectivity index (χ0v) is 11.7. The summed E-state index contributed by atoms with van der Waals surface area (Å²) in [6.45, 7) is 5.67. The van der Waals surface area contributed by atoms with Gasteiger partial charge < -0.3 is 20.0 Å². The van der Waals surface area contributed by atoms with Crippen LogP contribution in [0.5, 0.6) is 0 Å². The average Bonchev–Trinajstić information content (AvgIpc) is 2.43. The van der Waals surface area contributed by atoms with Gasteiger partial charge in [0.2, 0.25) is 0 Å². The highest BCUT2D eigenvalue weighted by Gasteiger charge is 2.27. The zero-order chi connectivity index (χ0) is 14.4. The van der Waals surface area contributed by atoms with E-state index in [2.05, 4.69) is 0 Å². The number of amides is 2. The number of aliphatic carboxylic acids is 1. The molecule has 0 spiro atoms. The van der Waals surface area contributed by atoms with Gasteiger partial charge in [0.1, 0.15) is 0 Å². The lowest BCUT2D eigenvalue weighted by Crippen LogP contribution is -2.48. The average molecular weight is 272 g/mol. The first kappa shape index (κ1) is 15.8. The molecule has 0 aromatic rings. The summed E-state index contributed by atoms with van der Waals surface area (Å²) < 4.78 is 0. The van der Waals surface area contributed by atoms with Crippen LogP contribution in [0.25, 0.3) is 0 Å². The van der Waals surface area contributed by atoms with Crippen LogP contribution in [0.15, 0.2) is 0 Å². The van der Waals surface area contributed by atoms with E-state index in [-0.39, 0.29) is 25.1 Å². The van der Waals surface area contributed by atoms with Gasteiger partial charge >= 0.3 is 12.0 Å². The molecule has 6 heteroatoms. The van der Waals surface area contributed by atoms with Crippen molar-refractivity contribution in [3.8, 4) is 0 Å². The molecule has 0 aliphatic carbocycles. The van der Waals surface area contributed by atoms with Gasteiger partial charge in [-0.25, -0.2) is 4.79 Å². The second-order valence-corrected chi connectivity index (χ2v) is 5.17. The Balaban J connectivity index is 2.52. The molecule has 1 heterocycles. The summed E-state index contributed by atoms with van der Waals surface area (Å²) in [6, 6.07) is -0.0908. The largest absolute Gasteiger partial charge is 0.481 e. The maximum atomic E-state index is 12.3. The summed E-state index contributed by atoms with van der Waals surface area (Å²) in [7, 11) is 0. The summed E-state index contributed by atoms with van der Waals surface area (Å²) >= 11 is 0. The number of hydrogen-bond donors (Lipinski definition) is 2. The number of carbonyl (C=O) groups is 2. The molecule has 1 rings (SSSR count). The number of nitrogens with zero attached hydrogens (tertiary/aromatic N) is 2. The third kappa shape index (κ3) is 4.38. The molecular formula is C13H24N2O4. The minimum Gasteiger partial charge on any atom is -0.481 e. The van der Waals surface area contributed by atoms with Crippen LogP contribution in [-0.2, 0) is 4.79 Å². The van der Waals surface area contributed by atoms with Crippen molar-refractivity contribution in [2.24, 2.45) is 11.8 Å². The first-order valence-electron chi connectivity index (χ1n) is 6.87. The van der Waals surface area contributed by atoms with Crippen molar-refractivity contribution in [3.05, 3.63) is 0 Å². The molecule has 0 radical (unpaired) electrons. The fourth-order valence-corrected chi connectivity index (χ4v) is 2.26. The Morgan fingerprint density at radius 3 is 2.37 bits per heavy atom. The molecule has 1 aliphatic heterocycles. The summed E-state index contributed by atoms with van der Waals surface area (Å²) in [5.41, 5.74) is 0. The van der Waals surface area contributed by atoms with Crippen LogP contribution in [0.3, 0.4) is 0 Å². The number of rotatable bonds is 5. The predicted octanol–water partition coefficient (Wildman–Crippen LogP) is 0.853. The van der Waals surface area contributed by atoms with Crippen LogP contribution in [0, 0.1) is 11.8 Å². The third-order valence-corrected chi connectivity index (χ3v) is 3.71. The quantitative estimate of drug-likeness (QED) is 0.777. The Bertz CT molecular complexity index is 314. The number of urea groups is 1. The maximum Gasteiger partial charge on any atom is 0.320 e. The smallest absolute Gasteiger partial charge is 0.320 e. The number of piperidine rings is 1. The Kier molecular flexibility index (Phi) is 6.08. The van der Waals surface area contributed by atoms with E-state index in [1.807, 2.05) is 6.92 Å². The number of aliphatic hydroxyl groups excluding tert-OH is 1. The number of carbonyl (C=O) groups excluding carboxylic acids is 1. The topological polar surface area (TPSA) is 81.1 Å². The van der Waals surface area contributed by atoms with Gasteiger partial charge in [-0.1, -0.05) is 6.92 Å². The summed E-state index contributed by atoms with van der Waals surface area (Å²) in [6.07, 6.45) is 1.63. The zero-order valence-electron chi connectivity index (χ0n) is 11.7. The lowest BCUT2D eigenvalue weighted by molar-refractivity contribution is -0.141. The molecule has 19 heavy (non-hydrogen) atoms. The van der Waals surface area contributed by atoms with E-state index < -0.39 is 11.9 Å². The van der Waals surface area contributed by atoms with Gasteiger partial charge in [-0.15, -0.1) is 0 Å². The monoisotopic (exact) mass is 272 g/mol. The fraction of sp³-hybridized carbons (Fsp3) is 0.846. The van der Waals surface area contributed by atoms with Crippen molar-refractivity contribution in [3.63, 3.8) is 0 Å². The second kappa shape index (κ2) is 7.33. The Morgan fingerprint density at radius 2 is 1.95 bits per heavy atom. The van der Waals surface area contributed by atoms with Gasteiger partial charge in [0, 0.05) is 32.8 Å². The highest BCUT2D eigenvalue weighted by molar-refractivity contribution is 5.76. The fourth-order valence-electron chi connectivity index (χ4n) is 2.26. The molecule has 0 saturated carbocycles. The molecule has 110 valence electrons. The van der Waals surface area contributed by atoms with Crippen molar-refractivity contribution in [2.75, 3.05) is 32.8 Å². The van der Waals surface area contributed by atoms with Crippen molar-refractivity contribution in [1.82, 2.24) is 9.80 Å². The number of aliphatic hydroxyl groups is 1. The SMILES string of the molecule is CCN(CC(C)C(=O)O)C(=O)N1CCC(CO)CC1. The van der Waals surface area contributed by atoms with Crippen molar-refractivity contribution in [2.45, 2.75) is 26.7 Å². The van der Waals surface area contributed by atoms with Crippen molar-refractivity contribution in [1.29, 1.82) is 0 Å². The number of carboxylic acid groups (broad SMARTS) is 1. The molecule has 0 bridgehead atoms. The lowest BCUT2D eigenvalue weighted by atomic mass is 9.98. The van der Waals surface area contributed by atoms with Gasteiger partial charge in [0.15, 0.2) is 0 Å². The maximum absolute atomic E-state index is 12.3. The molecule has 1 fully saturated rings. The van der Waals surface area contributed by atoms with E-state index in [0.717, 1.165) is 12.8 Å². The number of likely N-dealkylation sites (tertiary alicyclic amines) is 1. The molecule has 1 saturated heterocycles. The standard InChI is InChI=1S/C13H24N2O4/c1-3-14(8-10(2)12(17)18)13(19)15-6-4-11(9-16)5-7-15/h10-11,16H,3-9H2,1-2H3,(H,17,18). The van der Waals surface area contributed by atoms with E-state index in [4.69, 9.17) is 10.2 Å². The highest BCUT2D eigenvalue weighted by Crippen LogP contribution is 2.18. The lowest BCUT2D eigenvalue weighted by Gasteiger charge is -2.35. The van der Waals surface area contributed by atoms with Crippen LogP contribution >= 0.6 is 0 Å². The molecule has 1 aliphatic rings. The molecule has 1 unspecified atom stereocenters. The Morgan fingerprint density at radius 1 is 1.37 bits per heavy atom. The molecule has 6 nitrogen and oxygen atoms in total. The molecule has 0 aromatic carbocycles. The van der Waals surface area contributed by atoms with E-state index in [9.17, 15) is 9.59 Å². The van der Waals surface area contributed by atoms with Crippen molar-refractivity contribution < 1.29 is 19.8 Å². The predicted molar refractivity (Wildman–Crippen MR) is 70.8 cm³/mol. The van der Waals surface area contributed by atoms with Crippen LogP contribution in [0.1, 0.15) is 26.7 Å². The Hall–Kier alpha value is -1.30. The van der Waals surface area contributed by atoms with Crippen LogP contribution < -0.4 is 0 Å². The van der Waals surface area contributed by atoms with Gasteiger partial charge in [-0.2, -0.15) is 0 Å². The normalized spacial score (nSPS) is 18.2. The third-order valence-electron chi connectivity index (χ3n) is 3.71. The Labute approximate surface area is 114 Å². The first-order valence-corrected chi connectivity index (χ1v) is 6.87. The molecule has 2 N–H and O–H groups in total. The summed E-state index contributed by atoms with van der Waals surface area (Å²) in [5.74, 6) is -1.15. The summed E-state index contributed by atoms with van der Waals surface area (Å²) in [4.78, 5) is 26.5. The summed E-state index contributed by atoms with van der Waals surface area (Å²) in [5, 5.41) is 18.0. The molecule has 1 atom stereocenters. The van der Waals surface area contributed by atoms with E-state index in [1.54, 1.807) is 16.7 Å². The van der Waals surface area contributed by atoms with Crippen LogP contribution in [0.2, 0.25) is 0 Å². The van der Waals surface area contributed by atoms with E-state index in [0.29, 0.717) is 19.6 Å². The van der Waals surface area contributed by atoms with Gasteiger partial charge in [0.05, 0.1) is 5.92 Å². The van der Waals surface area contributed by atoms with E-state index >= 15 is 0 Å². The van der Waals surface area contributed by atoms with E-state index in [1.165, 1.54) is 0 Å². The second-order valence-electron chi connectivity index (χ2n) is 5.17. The molecule has 0 aromatic heterocycles.